The van der Waals surface area contributed by atoms with Crippen LogP contribution in [0.2, 0.25) is 0 Å². The van der Waals surface area contributed by atoms with Gasteiger partial charge >= 0.3 is 0 Å². The molecule has 0 fully saturated rings. The van der Waals surface area contributed by atoms with E-state index in [-0.39, 0.29) is 48.0 Å². The van der Waals surface area contributed by atoms with Gasteiger partial charge in [-0.3, -0.25) is 0 Å². The summed E-state index contributed by atoms with van der Waals surface area (Å²) in [5.74, 6) is 0. The van der Waals surface area contributed by atoms with Gasteiger partial charge in [-0.25, -0.2) is 0 Å². The maximum Gasteiger partial charge on any atom is -0.0303 e. The second kappa shape index (κ2) is 7.22. The van der Waals surface area contributed by atoms with Crippen molar-refractivity contribution in [3.05, 3.63) is 30.3 Å². The van der Waals surface area contributed by atoms with Gasteiger partial charge < -0.3 is 0 Å². The molecule has 0 nitrogen and oxygen atoms in total. The molecule has 0 aliphatic heterocycles. The Balaban J connectivity index is 0. The van der Waals surface area contributed by atoms with E-state index in [4.69, 9.17) is 0 Å². The van der Waals surface area contributed by atoms with E-state index in [9.17, 15) is 0 Å². The quantitative estimate of drug-likeness (QED) is 0.489. The van der Waals surface area contributed by atoms with E-state index in [2.05, 4.69) is 9.24 Å². The molecule has 0 heterocycles. The monoisotopic (exact) mass is 366 g/mol. The summed E-state index contributed by atoms with van der Waals surface area (Å²) in [6, 6.07) is 10.1. The molecule has 1 rings (SSSR count). The fourth-order valence-electron chi connectivity index (χ4n) is 0.453. The molecule has 1 unspecified atom stereocenters. The highest BCUT2D eigenvalue weighted by Crippen LogP contribution is 1.86. The van der Waals surface area contributed by atoms with Gasteiger partial charge in [0, 0.05) is 0 Å². The molecular formula is C6H9I2P. The zero-order chi connectivity index (χ0) is 5.11. The maximum absolute atomic E-state index is 2.63. The lowest BCUT2D eigenvalue weighted by Crippen LogP contribution is -1.82. The minimum absolute atomic E-state index is 0. The number of benzene rings is 1. The van der Waals surface area contributed by atoms with Crippen molar-refractivity contribution in [1.29, 1.82) is 0 Å². The van der Waals surface area contributed by atoms with Gasteiger partial charge in [-0.15, -0.1) is 57.2 Å². The Morgan fingerprint density at radius 1 is 0.889 bits per heavy atom. The summed E-state index contributed by atoms with van der Waals surface area (Å²) in [6.45, 7) is 0. The van der Waals surface area contributed by atoms with Gasteiger partial charge in [0.25, 0.3) is 0 Å². The van der Waals surface area contributed by atoms with Crippen LogP contribution >= 0.6 is 57.2 Å². The summed E-state index contributed by atoms with van der Waals surface area (Å²) in [6.07, 6.45) is 0. The van der Waals surface area contributed by atoms with Gasteiger partial charge in [0.15, 0.2) is 0 Å². The minimum atomic E-state index is 0. The summed E-state index contributed by atoms with van der Waals surface area (Å²) >= 11 is 0. The lowest BCUT2D eigenvalue weighted by atomic mass is 10.4. The molecule has 0 aliphatic rings. The van der Waals surface area contributed by atoms with Crippen molar-refractivity contribution in [2.45, 2.75) is 0 Å². The third-order valence-corrected chi connectivity index (χ3v) is 1.18. The first-order chi connectivity index (χ1) is 3.39. The Hall–Kier alpha value is 1.11. The Morgan fingerprint density at radius 2 is 1.33 bits per heavy atom. The molecular weight excluding hydrogens is 357 g/mol. The van der Waals surface area contributed by atoms with Crippen LogP contribution in [0.5, 0.6) is 0 Å². The Kier molecular flexibility index (Phi) is 10.2. The van der Waals surface area contributed by atoms with Crippen LogP contribution in [0.1, 0.15) is 0 Å². The largest absolute Gasteiger partial charge is 0.107 e. The zero-order valence-corrected chi connectivity index (χ0v) is 10.6. The Morgan fingerprint density at radius 3 is 1.56 bits per heavy atom. The fourth-order valence-corrected chi connectivity index (χ4v) is 0.675. The molecule has 9 heavy (non-hydrogen) atoms. The predicted octanol–water partition coefficient (Wildman–Crippen LogP) is 2.42. The normalized spacial score (nSPS) is 6.78. The molecule has 0 aliphatic carbocycles. The highest BCUT2D eigenvalue weighted by atomic mass is 127. The van der Waals surface area contributed by atoms with E-state index in [1.54, 1.807) is 0 Å². The van der Waals surface area contributed by atoms with E-state index in [0.29, 0.717) is 0 Å². The van der Waals surface area contributed by atoms with E-state index in [1.807, 2.05) is 30.3 Å². The van der Waals surface area contributed by atoms with Crippen LogP contribution in [-0.4, -0.2) is 0 Å². The molecule has 0 saturated carbocycles. The van der Waals surface area contributed by atoms with Crippen molar-refractivity contribution in [2.75, 3.05) is 0 Å². The standard InChI is InChI=1S/C6H7P.2HI/c7-6-4-2-1-3-5-6;;/h1-5H,7H2;2*1H. The van der Waals surface area contributed by atoms with Crippen LogP contribution in [0.15, 0.2) is 30.3 Å². The maximum atomic E-state index is 2.63. The lowest BCUT2D eigenvalue weighted by Gasteiger charge is -1.82. The van der Waals surface area contributed by atoms with Crippen molar-refractivity contribution in [2.24, 2.45) is 0 Å². The third-order valence-electron chi connectivity index (χ3n) is 0.800. The van der Waals surface area contributed by atoms with Crippen LogP contribution in [-0.2, 0) is 0 Å². The van der Waals surface area contributed by atoms with Crippen LogP contribution in [0.25, 0.3) is 0 Å². The minimum Gasteiger partial charge on any atom is -0.107 e. The molecule has 0 bridgehead atoms. The van der Waals surface area contributed by atoms with Crippen molar-refractivity contribution in [3.8, 4) is 0 Å². The summed E-state index contributed by atoms with van der Waals surface area (Å²) in [7, 11) is 2.63. The first kappa shape index (κ1) is 12.8. The van der Waals surface area contributed by atoms with Crippen molar-refractivity contribution < 1.29 is 0 Å². The molecule has 0 N–H and O–H groups in total. The average molecular weight is 366 g/mol. The molecule has 52 valence electrons. The Labute approximate surface area is 92.0 Å². The van der Waals surface area contributed by atoms with Crippen molar-refractivity contribution in [1.82, 2.24) is 0 Å². The highest BCUT2D eigenvalue weighted by molar-refractivity contribution is 14.0. The zero-order valence-electron chi connectivity index (χ0n) is 4.78. The van der Waals surface area contributed by atoms with Crippen LogP contribution in [0, 0.1) is 0 Å². The first-order valence-electron chi connectivity index (χ1n) is 2.20. The van der Waals surface area contributed by atoms with E-state index < -0.39 is 0 Å². The molecule has 0 aromatic heterocycles. The summed E-state index contributed by atoms with van der Waals surface area (Å²) in [5, 5.41) is 1.24. The molecule has 1 aromatic carbocycles. The first-order valence-corrected chi connectivity index (χ1v) is 2.78. The summed E-state index contributed by atoms with van der Waals surface area (Å²) < 4.78 is 0. The number of halogens is 2. The molecule has 0 radical (unpaired) electrons. The third kappa shape index (κ3) is 5.55. The SMILES string of the molecule is I.I.Pc1ccccc1. The fraction of sp³-hybridized carbons (Fsp3) is 0. The number of rotatable bonds is 0. The van der Waals surface area contributed by atoms with E-state index in [1.165, 1.54) is 5.30 Å². The summed E-state index contributed by atoms with van der Waals surface area (Å²) in [4.78, 5) is 0. The lowest BCUT2D eigenvalue weighted by molar-refractivity contribution is 1.78. The van der Waals surface area contributed by atoms with Gasteiger partial charge in [0.1, 0.15) is 0 Å². The van der Waals surface area contributed by atoms with Crippen molar-refractivity contribution in [3.63, 3.8) is 0 Å². The van der Waals surface area contributed by atoms with E-state index >= 15 is 0 Å². The predicted molar refractivity (Wildman–Crippen MR) is 66.6 cm³/mol. The average Bonchev–Trinajstić information content (AvgIpc) is 1.69. The van der Waals surface area contributed by atoms with Gasteiger partial charge in [0.2, 0.25) is 0 Å². The smallest absolute Gasteiger partial charge is 0.0303 e. The molecule has 0 amide bonds. The van der Waals surface area contributed by atoms with Crippen LogP contribution in [0.4, 0.5) is 0 Å². The molecule has 1 aromatic rings. The molecule has 0 saturated heterocycles. The molecule has 0 spiro atoms. The second-order valence-electron chi connectivity index (χ2n) is 1.41. The highest BCUT2D eigenvalue weighted by Gasteiger charge is 1.72. The molecule has 3 heteroatoms. The topological polar surface area (TPSA) is 0 Å². The van der Waals surface area contributed by atoms with Gasteiger partial charge in [-0.05, 0) is 5.30 Å². The summed E-state index contributed by atoms with van der Waals surface area (Å²) in [5.41, 5.74) is 0. The number of hydrogen-bond acceptors (Lipinski definition) is 0. The van der Waals surface area contributed by atoms with Gasteiger partial charge in [0.05, 0.1) is 0 Å². The molecule has 1 atom stereocenters. The van der Waals surface area contributed by atoms with Crippen LogP contribution in [0.3, 0.4) is 0 Å². The number of hydrogen-bond donors (Lipinski definition) is 0. The van der Waals surface area contributed by atoms with Crippen LogP contribution < -0.4 is 5.30 Å². The van der Waals surface area contributed by atoms with E-state index in [0.717, 1.165) is 0 Å². The second-order valence-corrected chi connectivity index (χ2v) is 2.08. The van der Waals surface area contributed by atoms with Crippen molar-refractivity contribution >= 4 is 62.5 Å². The van der Waals surface area contributed by atoms with Gasteiger partial charge in [-0.2, -0.15) is 0 Å². The van der Waals surface area contributed by atoms with Gasteiger partial charge in [-0.1, -0.05) is 30.3 Å². The Bertz CT molecular complexity index is 141.